The minimum absolute atomic E-state index is 0.144. The Bertz CT molecular complexity index is 388. The molecular formula is C14H22FN3O. The van der Waals surface area contributed by atoms with Crippen molar-refractivity contribution in [2.24, 2.45) is 5.73 Å². The van der Waals surface area contributed by atoms with Crippen LogP contribution in [-0.4, -0.2) is 41.7 Å². The van der Waals surface area contributed by atoms with Gasteiger partial charge in [0.2, 0.25) is 0 Å². The number of hydrogen-bond donors (Lipinski definition) is 1. The molecule has 0 saturated carbocycles. The zero-order valence-electron chi connectivity index (χ0n) is 11.6. The molecule has 1 unspecified atom stereocenters. The quantitative estimate of drug-likeness (QED) is 0.902. The lowest BCUT2D eigenvalue weighted by Crippen LogP contribution is -2.46. The van der Waals surface area contributed by atoms with E-state index in [9.17, 15) is 4.39 Å². The standard InChI is InChI=1S/C14H22FN3O/c1-10-8-18(9-11(2)19-10)6-5-13(16)14-4-3-12(15)7-17-14/h3-4,7,10-11,13H,5-6,8-9,16H2,1-2H3/t10-,11+,13?. The molecule has 1 aromatic heterocycles. The first-order valence-electron chi connectivity index (χ1n) is 6.79. The fourth-order valence-corrected chi connectivity index (χ4v) is 2.54. The number of ether oxygens (including phenoxy) is 1. The van der Waals surface area contributed by atoms with Crippen molar-refractivity contribution in [1.29, 1.82) is 0 Å². The Morgan fingerprint density at radius 2 is 2.11 bits per heavy atom. The Morgan fingerprint density at radius 3 is 2.68 bits per heavy atom. The number of morpholine rings is 1. The molecule has 2 heterocycles. The van der Waals surface area contributed by atoms with Gasteiger partial charge >= 0.3 is 0 Å². The normalized spacial score (nSPS) is 26.3. The maximum Gasteiger partial charge on any atom is 0.141 e. The Hall–Kier alpha value is -1.04. The van der Waals surface area contributed by atoms with Crippen LogP contribution in [-0.2, 0) is 4.74 Å². The highest BCUT2D eigenvalue weighted by Crippen LogP contribution is 2.15. The number of aromatic nitrogens is 1. The second-order valence-electron chi connectivity index (χ2n) is 5.31. The summed E-state index contributed by atoms with van der Waals surface area (Å²) in [5.41, 5.74) is 6.83. The van der Waals surface area contributed by atoms with Gasteiger partial charge in [-0.05, 0) is 32.4 Å². The third-order valence-electron chi connectivity index (χ3n) is 3.38. The van der Waals surface area contributed by atoms with Gasteiger partial charge in [-0.15, -0.1) is 0 Å². The lowest BCUT2D eigenvalue weighted by molar-refractivity contribution is -0.0684. The molecule has 1 aliphatic heterocycles. The molecule has 1 aromatic rings. The molecule has 0 aliphatic carbocycles. The maximum absolute atomic E-state index is 12.8. The van der Waals surface area contributed by atoms with E-state index in [2.05, 4.69) is 23.7 Å². The Labute approximate surface area is 113 Å². The van der Waals surface area contributed by atoms with Crippen LogP contribution in [0.3, 0.4) is 0 Å². The summed E-state index contributed by atoms with van der Waals surface area (Å²) in [6.45, 7) is 6.97. The van der Waals surface area contributed by atoms with E-state index in [0.29, 0.717) is 0 Å². The van der Waals surface area contributed by atoms with E-state index in [1.165, 1.54) is 12.3 Å². The van der Waals surface area contributed by atoms with Crippen LogP contribution in [0.1, 0.15) is 32.0 Å². The molecule has 1 saturated heterocycles. The van der Waals surface area contributed by atoms with Gasteiger partial charge < -0.3 is 10.5 Å². The summed E-state index contributed by atoms with van der Waals surface area (Å²) in [5, 5.41) is 0. The summed E-state index contributed by atoms with van der Waals surface area (Å²) in [6.07, 6.45) is 2.57. The van der Waals surface area contributed by atoms with Gasteiger partial charge in [-0.3, -0.25) is 9.88 Å². The molecule has 0 bridgehead atoms. The summed E-state index contributed by atoms with van der Waals surface area (Å²) >= 11 is 0. The summed E-state index contributed by atoms with van der Waals surface area (Å²) < 4.78 is 18.5. The van der Waals surface area contributed by atoms with Gasteiger partial charge in [-0.1, -0.05) is 0 Å². The van der Waals surface area contributed by atoms with Gasteiger partial charge in [0.15, 0.2) is 0 Å². The van der Waals surface area contributed by atoms with Crippen molar-refractivity contribution in [3.63, 3.8) is 0 Å². The van der Waals surface area contributed by atoms with Crippen molar-refractivity contribution in [1.82, 2.24) is 9.88 Å². The van der Waals surface area contributed by atoms with Crippen LogP contribution >= 0.6 is 0 Å². The number of rotatable bonds is 4. The Morgan fingerprint density at radius 1 is 1.42 bits per heavy atom. The fourth-order valence-electron chi connectivity index (χ4n) is 2.54. The average molecular weight is 267 g/mol. The van der Waals surface area contributed by atoms with Gasteiger partial charge in [0.25, 0.3) is 0 Å². The monoisotopic (exact) mass is 267 g/mol. The van der Waals surface area contributed by atoms with Gasteiger partial charge in [-0.25, -0.2) is 4.39 Å². The van der Waals surface area contributed by atoms with E-state index in [0.717, 1.165) is 31.7 Å². The van der Waals surface area contributed by atoms with Crippen molar-refractivity contribution in [2.75, 3.05) is 19.6 Å². The van der Waals surface area contributed by atoms with Gasteiger partial charge in [0.1, 0.15) is 5.82 Å². The molecule has 2 N–H and O–H groups in total. The zero-order valence-corrected chi connectivity index (χ0v) is 11.6. The lowest BCUT2D eigenvalue weighted by atomic mass is 10.1. The van der Waals surface area contributed by atoms with E-state index >= 15 is 0 Å². The molecule has 2 rings (SSSR count). The molecule has 5 heteroatoms. The highest BCUT2D eigenvalue weighted by Gasteiger charge is 2.22. The smallest absolute Gasteiger partial charge is 0.141 e. The molecule has 0 radical (unpaired) electrons. The van der Waals surface area contributed by atoms with E-state index in [1.807, 2.05) is 0 Å². The second kappa shape index (κ2) is 6.41. The van der Waals surface area contributed by atoms with Crippen molar-refractivity contribution in [3.8, 4) is 0 Å². The van der Waals surface area contributed by atoms with Crippen LogP contribution in [0.2, 0.25) is 0 Å². The highest BCUT2D eigenvalue weighted by atomic mass is 19.1. The first-order valence-corrected chi connectivity index (χ1v) is 6.79. The van der Waals surface area contributed by atoms with Crippen molar-refractivity contribution in [3.05, 3.63) is 29.8 Å². The Balaban J connectivity index is 1.83. The molecular weight excluding hydrogens is 245 g/mol. The Kier molecular flexibility index (Phi) is 4.85. The SMILES string of the molecule is C[C@@H]1CN(CCC(N)c2ccc(F)cn2)C[C@H](C)O1. The fraction of sp³-hybridized carbons (Fsp3) is 0.643. The molecule has 19 heavy (non-hydrogen) atoms. The number of hydrogen-bond acceptors (Lipinski definition) is 4. The van der Waals surface area contributed by atoms with Crippen molar-refractivity contribution in [2.45, 2.75) is 38.5 Å². The third-order valence-corrected chi connectivity index (χ3v) is 3.38. The summed E-state index contributed by atoms with van der Waals surface area (Å²) in [5.74, 6) is -0.327. The molecule has 0 aromatic carbocycles. The van der Waals surface area contributed by atoms with Crippen LogP contribution in [0, 0.1) is 5.82 Å². The summed E-state index contributed by atoms with van der Waals surface area (Å²) in [7, 11) is 0. The predicted octanol–water partition coefficient (Wildman–Crippen LogP) is 1.72. The minimum atomic E-state index is -0.327. The van der Waals surface area contributed by atoms with Crippen LogP contribution in [0.25, 0.3) is 0 Å². The first-order chi connectivity index (χ1) is 9.04. The molecule has 0 amide bonds. The highest BCUT2D eigenvalue weighted by molar-refractivity contribution is 5.09. The van der Waals surface area contributed by atoms with Crippen molar-refractivity contribution >= 4 is 0 Å². The number of pyridine rings is 1. The molecule has 4 nitrogen and oxygen atoms in total. The van der Waals surface area contributed by atoms with Crippen LogP contribution in [0.4, 0.5) is 4.39 Å². The molecule has 106 valence electrons. The predicted molar refractivity (Wildman–Crippen MR) is 72.2 cm³/mol. The number of halogens is 1. The van der Waals surface area contributed by atoms with E-state index in [4.69, 9.17) is 10.5 Å². The first kappa shape index (κ1) is 14.4. The zero-order chi connectivity index (χ0) is 13.8. The third kappa shape index (κ3) is 4.23. The van der Waals surface area contributed by atoms with Gasteiger partial charge in [0.05, 0.1) is 24.1 Å². The summed E-state index contributed by atoms with van der Waals surface area (Å²) in [4.78, 5) is 6.39. The number of nitrogens with two attached hydrogens (primary N) is 1. The summed E-state index contributed by atoms with van der Waals surface area (Å²) in [6, 6.07) is 2.92. The second-order valence-corrected chi connectivity index (χ2v) is 5.31. The van der Waals surface area contributed by atoms with E-state index in [-0.39, 0.29) is 24.1 Å². The van der Waals surface area contributed by atoms with Gasteiger partial charge in [0, 0.05) is 25.7 Å². The molecule has 1 fully saturated rings. The maximum atomic E-state index is 12.8. The van der Waals surface area contributed by atoms with E-state index in [1.54, 1.807) is 6.07 Å². The van der Waals surface area contributed by atoms with Crippen LogP contribution in [0.15, 0.2) is 18.3 Å². The van der Waals surface area contributed by atoms with Crippen LogP contribution < -0.4 is 5.73 Å². The minimum Gasteiger partial charge on any atom is -0.373 e. The topological polar surface area (TPSA) is 51.4 Å². The van der Waals surface area contributed by atoms with Crippen molar-refractivity contribution < 1.29 is 9.13 Å². The molecule has 0 spiro atoms. The van der Waals surface area contributed by atoms with Crippen LogP contribution in [0.5, 0.6) is 0 Å². The van der Waals surface area contributed by atoms with E-state index < -0.39 is 0 Å². The molecule has 3 atom stereocenters. The average Bonchev–Trinajstić information content (AvgIpc) is 2.36. The largest absolute Gasteiger partial charge is 0.373 e. The molecule has 1 aliphatic rings. The number of nitrogens with zero attached hydrogens (tertiary/aromatic N) is 2. The van der Waals surface area contributed by atoms with Gasteiger partial charge in [-0.2, -0.15) is 0 Å². The lowest BCUT2D eigenvalue weighted by Gasteiger charge is -2.35.